The molecule has 0 aromatic heterocycles. The number of benzene rings is 4. The van der Waals surface area contributed by atoms with Crippen LogP contribution in [0.4, 0.5) is 0 Å². The number of allylic oxidation sites excluding steroid dienone is 4. The first-order valence-corrected chi connectivity index (χ1v) is 12.7. The normalized spacial score (nSPS) is 22.8. The Morgan fingerprint density at radius 2 is 1.30 bits per heavy atom. The topological polar surface area (TPSA) is 40.5 Å². The van der Waals surface area contributed by atoms with Crippen LogP contribution in [0.2, 0.25) is 0 Å². The Hall–Kier alpha value is -4.20. The van der Waals surface area contributed by atoms with Crippen LogP contribution in [0, 0.1) is 6.92 Å². The van der Waals surface area contributed by atoms with Gasteiger partial charge in [-0.05, 0) is 64.5 Å². The predicted molar refractivity (Wildman–Crippen MR) is 148 cm³/mol. The Morgan fingerprint density at radius 3 is 2.05 bits per heavy atom. The van der Waals surface area contributed by atoms with Gasteiger partial charge in [0.25, 0.3) is 0 Å². The van der Waals surface area contributed by atoms with Crippen LogP contribution in [0.15, 0.2) is 127 Å². The Morgan fingerprint density at radius 1 is 0.676 bits per heavy atom. The van der Waals surface area contributed by atoms with Gasteiger partial charge in [0.2, 0.25) is 0 Å². The largest absolute Gasteiger partial charge is 0.376 e. The summed E-state index contributed by atoms with van der Waals surface area (Å²) in [5, 5.41) is 24.7. The van der Waals surface area contributed by atoms with Crippen LogP contribution in [0.25, 0.3) is 16.7 Å². The lowest BCUT2D eigenvalue weighted by Crippen LogP contribution is -2.29. The van der Waals surface area contributed by atoms with Crippen molar-refractivity contribution in [2.45, 2.75) is 24.5 Å². The van der Waals surface area contributed by atoms with E-state index >= 15 is 0 Å². The molecule has 0 radical (unpaired) electrons. The van der Waals surface area contributed by atoms with Crippen molar-refractivity contribution in [1.29, 1.82) is 0 Å². The molecule has 178 valence electrons. The Balaban J connectivity index is 1.40. The van der Waals surface area contributed by atoms with Gasteiger partial charge in [0.05, 0.1) is 0 Å². The molecule has 3 aliphatic carbocycles. The van der Waals surface area contributed by atoms with Gasteiger partial charge in [-0.25, -0.2) is 0 Å². The summed E-state index contributed by atoms with van der Waals surface area (Å²) in [6.07, 6.45) is 8.55. The fourth-order valence-electron chi connectivity index (χ4n) is 6.38. The molecule has 0 saturated heterocycles. The summed E-state index contributed by atoms with van der Waals surface area (Å²) in [6, 6.07) is 30.3. The van der Waals surface area contributed by atoms with Crippen LogP contribution in [-0.2, 0) is 11.2 Å². The maximum absolute atomic E-state index is 12.4. The number of hydrogen-bond acceptors (Lipinski definition) is 2. The maximum Gasteiger partial charge on any atom is 0.141 e. The van der Waals surface area contributed by atoms with Crippen molar-refractivity contribution in [3.63, 3.8) is 0 Å². The molecule has 7 rings (SSSR count). The average Bonchev–Trinajstić information content (AvgIpc) is 3.30. The second-order valence-electron chi connectivity index (χ2n) is 10.1. The summed E-state index contributed by atoms with van der Waals surface area (Å²) < 4.78 is 0. The molecule has 3 aliphatic rings. The van der Waals surface area contributed by atoms with Crippen molar-refractivity contribution in [3.8, 4) is 11.1 Å². The van der Waals surface area contributed by atoms with Gasteiger partial charge in [0.1, 0.15) is 11.2 Å². The molecule has 0 saturated carbocycles. The van der Waals surface area contributed by atoms with Crippen molar-refractivity contribution < 1.29 is 10.2 Å². The van der Waals surface area contributed by atoms with Gasteiger partial charge < -0.3 is 10.2 Å². The minimum Gasteiger partial charge on any atom is -0.376 e. The van der Waals surface area contributed by atoms with Crippen LogP contribution >= 0.6 is 0 Å². The second-order valence-corrected chi connectivity index (χ2v) is 10.1. The van der Waals surface area contributed by atoms with Crippen LogP contribution in [0.3, 0.4) is 0 Å². The van der Waals surface area contributed by atoms with E-state index in [1.807, 2.05) is 78.9 Å². The third-order valence-electron chi connectivity index (χ3n) is 8.14. The minimum atomic E-state index is -1.26. The van der Waals surface area contributed by atoms with E-state index < -0.39 is 11.2 Å². The molecule has 4 aromatic carbocycles. The van der Waals surface area contributed by atoms with Crippen molar-refractivity contribution in [2.24, 2.45) is 0 Å². The molecule has 0 bridgehead atoms. The number of aliphatic hydroxyl groups is 2. The van der Waals surface area contributed by atoms with Gasteiger partial charge in [-0.1, -0.05) is 109 Å². The Labute approximate surface area is 216 Å². The van der Waals surface area contributed by atoms with Crippen molar-refractivity contribution in [2.75, 3.05) is 0 Å². The number of fused-ring (bicyclic) bond motifs is 5. The molecule has 0 fully saturated rings. The Bertz CT molecular complexity index is 1710. The monoisotopic (exact) mass is 478 g/mol. The highest BCUT2D eigenvalue weighted by molar-refractivity contribution is 5.87. The standard InChI is InChI=1S/C35H26O2/c1-23-16-21-29-28-12-7-9-15-32(28)35(37,33(29)22-23)25-19-17-24(18-20-25)34(36)30-13-5-3-2-4-10-26(30)27-11-6-8-14-31(27)34/h2-3,5-12,14-22,36-37H,13H2,1H3. The molecular formula is C35H26O2. The van der Waals surface area contributed by atoms with E-state index in [-0.39, 0.29) is 0 Å². The molecule has 2 atom stereocenters. The first kappa shape index (κ1) is 22.0. The predicted octanol–water partition coefficient (Wildman–Crippen LogP) is 6.93. The van der Waals surface area contributed by atoms with E-state index in [0.29, 0.717) is 6.42 Å². The van der Waals surface area contributed by atoms with Crippen LogP contribution in [0.5, 0.6) is 0 Å². The Kier molecular flexibility index (Phi) is 4.70. The summed E-state index contributed by atoms with van der Waals surface area (Å²) in [5.41, 5.74) is 11.2. The summed E-state index contributed by atoms with van der Waals surface area (Å²) >= 11 is 0. The molecule has 0 spiro atoms. The van der Waals surface area contributed by atoms with E-state index in [4.69, 9.17) is 0 Å². The quantitative estimate of drug-likeness (QED) is 0.307. The van der Waals surface area contributed by atoms with E-state index in [0.717, 1.165) is 61.2 Å². The summed E-state index contributed by atoms with van der Waals surface area (Å²) in [4.78, 5) is 0. The summed E-state index contributed by atoms with van der Waals surface area (Å²) in [7, 11) is 0. The van der Waals surface area contributed by atoms with Crippen molar-refractivity contribution >= 4 is 5.57 Å². The van der Waals surface area contributed by atoms with Crippen molar-refractivity contribution in [1.82, 2.24) is 0 Å². The lowest BCUT2D eigenvalue weighted by Gasteiger charge is -2.31. The van der Waals surface area contributed by atoms with Gasteiger partial charge in [-0.3, -0.25) is 0 Å². The number of rotatable bonds is 2. The first-order chi connectivity index (χ1) is 18.0. The highest BCUT2D eigenvalue weighted by Crippen LogP contribution is 2.53. The molecule has 0 heterocycles. The number of aryl methyl sites for hydroxylation is 1. The molecule has 37 heavy (non-hydrogen) atoms. The summed E-state index contributed by atoms with van der Waals surface area (Å²) in [5.74, 6) is 0. The smallest absolute Gasteiger partial charge is 0.141 e. The highest BCUT2D eigenvalue weighted by atomic mass is 16.3. The van der Waals surface area contributed by atoms with Gasteiger partial charge in [0.15, 0.2) is 0 Å². The minimum absolute atomic E-state index is 0.640. The molecule has 0 aliphatic heterocycles. The molecule has 2 N–H and O–H groups in total. The first-order valence-electron chi connectivity index (χ1n) is 12.7. The maximum atomic E-state index is 12.4. The third-order valence-corrected chi connectivity index (χ3v) is 8.14. The second kappa shape index (κ2) is 7.90. The van der Waals surface area contributed by atoms with Crippen LogP contribution in [0.1, 0.15) is 45.4 Å². The summed E-state index contributed by atoms with van der Waals surface area (Å²) in [6.45, 7) is 2.05. The fourth-order valence-corrected chi connectivity index (χ4v) is 6.38. The fraction of sp³-hybridized carbons (Fsp3) is 0.114. The van der Waals surface area contributed by atoms with Gasteiger partial charge in [-0.15, -0.1) is 5.73 Å². The zero-order valence-electron chi connectivity index (χ0n) is 20.6. The SMILES string of the molecule is Cc1ccc2c(c1)C(O)(c1ccc(C3(O)C4=C(C=C=CC=CC4)c4ccccc43)cc1)c1ccccc1-2. The van der Waals surface area contributed by atoms with Gasteiger partial charge in [0, 0.05) is 16.7 Å². The lowest BCUT2D eigenvalue weighted by atomic mass is 9.79. The molecule has 2 unspecified atom stereocenters. The van der Waals surface area contributed by atoms with Gasteiger partial charge in [-0.2, -0.15) is 0 Å². The van der Waals surface area contributed by atoms with Crippen LogP contribution in [-0.4, -0.2) is 10.2 Å². The zero-order chi connectivity index (χ0) is 25.2. The van der Waals surface area contributed by atoms with Crippen molar-refractivity contribution in [3.05, 3.63) is 166 Å². The van der Waals surface area contributed by atoms with E-state index in [1.54, 1.807) is 0 Å². The van der Waals surface area contributed by atoms with E-state index in [2.05, 4.69) is 49.1 Å². The highest BCUT2D eigenvalue weighted by Gasteiger charge is 2.46. The lowest BCUT2D eigenvalue weighted by molar-refractivity contribution is 0.121. The molecule has 4 aromatic rings. The average molecular weight is 479 g/mol. The molecule has 0 amide bonds. The molecular weight excluding hydrogens is 452 g/mol. The third kappa shape index (κ3) is 2.95. The van der Waals surface area contributed by atoms with E-state index in [9.17, 15) is 10.2 Å². The number of hydrogen-bond donors (Lipinski definition) is 2. The van der Waals surface area contributed by atoms with E-state index in [1.165, 1.54) is 0 Å². The van der Waals surface area contributed by atoms with Gasteiger partial charge >= 0.3 is 0 Å². The molecule has 2 heteroatoms. The zero-order valence-corrected chi connectivity index (χ0v) is 20.6. The van der Waals surface area contributed by atoms with Crippen LogP contribution < -0.4 is 0 Å². The molecule has 2 nitrogen and oxygen atoms in total.